The van der Waals surface area contributed by atoms with Gasteiger partial charge < -0.3 is 15.5 Å². The fraction of sp³-hybridized carbons (Fsp3) is 1.00. The first-order valence-electron chi connectivity index (χ1n) is 7.08. The van der Waals surface area contributed by atoms with Crippen LogP contribution in [0.5, 0.6) is 0 Å². The van der Waals surface area contributed by atoms with Crippen molar-refractivity contribution in [2.24, 2.45) is 11.1 Å². The maximum atomic E-state index is 5.95. The summed E-state index contributed by atoms with van der Waals surface area (Å²) in [7, 11) is 6.74. The smallest absolute Gasteiger partial charge is 0.0330 e. The van der Waals surface area contributed by atoms with Crippen molar-refractivity contribution in [2.45, 2.75) is 44.1 Å². The Bertz CT molecular complexity index is 249. The van der Waals surface area contributed by atoms with Crippen molar-refractivity contribution in [1.29, 1.82) is 0 Å². The molecule has 0 radical (unpaired) electrons. The van der Waals surface area contributed by atoms with Crippen LogP contribution in [0, 0.1) is 5.41 Å². The molecular weight excluding hydrogens is 210 g/mol. The minimum absolute atomic E-state index is 0.450. The summed E-state index contributed by atoms with van der Waals surface area (Å²) in [5.74, 6) is 0. The van der Waals surface area contributed by atoms with E-state index in [-0.39, 0.29) is 0 Å². The van der Waals surface area contributed by atoms with E-state index >= 15 is 0 Å². The van der Waals surface area contributed by atoms with E-state index in [1.165, 1.54) is 51.6 Å². The lowest BCUT2D eigenvalue weighted by Gasteiger charge is -2.51. The van der Waals surface area contributed by atoms with Gasteiger partial charge in [0.2, 0.25) is 0 Å². The number of hydrogen-bond donors (Lipinski definition) is 1. The van der Waals surface area contributed by atoms with E-state index < -0.39 is 0 Å². The molecule has 2 aliphatic carbocycles. The zero-order chi connectivity index (χ0) is 12.5. The lowest BCUT2D eigenvalue weighted by atomic mass is 9.68. The molecule has 2 fully saturated rings. The molecule has 0 bridgehead atoms. The molecule has 3 heteroatoms. The van der Waals surface area contributed by atoms with Crippen LogP contribution in [0.4, 0.5) is 0 Å². The monoisotopic (exact) mass is 239 g/mol. The van der Waals surface area contributed by atoms with Crippen molar-refractivity contribution in [3.05, 3.63) is 0 Å². The molecule has 2 aliphatic rings. The fourth-order valence-electron chi connectivity index (χ4n) is 3.57. The van der Waals surface area contributed by atoms with E-state index in [9.17, 15) is 0 Å². The van der Waals surface area contributed by atoms with E-state index in [4.69, 9.17) is 5.73 Å². The van der Waals surface area contributed by atoms with Crippen LogP contribution in [0.15, 0.2) is 0 Å². The SMILES string of the molecule is CN(CC1(CN)CCC1)CC1(N(C)C)CCC1. The van der Waals surface area contributed by atoms with Gasteiger partial charge in [-0.2, -0.15) is 0 Å². The van der Waals surface area contributed by atoms with E-state index in [0.717, 1.165) is 6.54 Å². The Balaban J connectivity index is 1.86. The van der Waals surface area contributed by atoms with Crippen LogP contribution in [0.3, 0.4) is 0 Å². The van der Waals surface area contributed by atoms with Crippen LogP contribution in [0.1, 0.15) is 38.5 Å². The lowest BCUT2D eigenvalue weighted by molar-refractivity contribution is 0.00363. The summed E-state index contributed by atoms with van der Waals surface area (Å²) in [6.45, 7) is 3.27. The zero-order valence-corrected chi connectivity index (χ0v) is 11.8. The van der Waals surface area contributed by atoms with Crippen molar-refractivity contribution in [2.75, 3.05) is 40.8 Å². The molecule has 2 rings (SSSR count). The van der Waals surface area contributed by atoms with E-state index in [2.05, 4.69) is 30.9 Å². The molecule has 2 saturated carbocycles. The summed E-state index contributed by atoms with van der Waals surface area (Å²) >= 11 is 0. The van der Waals surface area contributed by atoms with Gasteiger partial charge in [0.15, 0.2) is 0 Å². The Hall–Kier alpha value is -0.120. The third-order valence-corrected chi connectivity index (χ3v) is 5.25. The molecule has 0 aromatic rings. The summed E-state index contributed by atoms with van der Waals surface area (Å²) < 4.78 is 0. The Kier molecular flexibility index (Phi) is 3.81. The minimum atomic E-state index is 0.450. The van der Waals surface area contributed by atoms with Crippen LogP contribution in [-0.4, -0.2) is 56.1 Å². The predicted molar refractivity (Wildman–Crippen MR) is 73.1 cm³/mol. The lowest BCUT2D eigenvalue weighted by Crippen LogP contribution is -2.58. The van der Waals surface area contributed by atoms with Gasteiger partial charge >= 0.3 is 0 Å². The molecule has 0 aliphatic heterocycles. The fourth-order valence-corrected chi connectivity index (χ4v) is 3.57. The first kappa shape index (κ1) is 13.3. The van der Waals surface area contributed by atoms with Crippen LogP contribution in [-0.2, 0) is 0 Å². The van der Waals surface area contributed by atoms with E-state index in [1.54, 1.807) is 0 Å². The molecule has 0 spiro atoms. The molecular formula is C14H29N3. The van der Waals surface area contributed by atoms with Crippen molar-refractivity contribution >= 4 is 0 Å². The minimum Gasteiger partial charge on any atom is -0.330 e. The molecule has 0 amide bonds. The van der Waals surface area contributed by atoms with Crippen molar-refractivity contribution < 1.29 is 0 Å². The third-order valence-electron chi connectivity index (χ3n) is 5.25. The first-order valence-corrected chi connectivity index (χ1v) is 7.08. The molecule has 100 valence electrons. The van der Waals surface area contributed by atoms with Gasteiger partial charge in [0.05, 0.1) is 0 Å². The summed E-state index contributed by atoms with van der Waals surface area (Å²) in [6.07, 6.45) is 8.17. The maximum absolute atomic E-state index is 5.95. The van der Waals surface area contributed by atoms with Crippen LogP contribution < -0.4 is 5.73 Å². The summed E-state index contributed by atoms with van der Waals surface area (Å²) in [4.78, 5) is 4.97. The van der Waals surface area contributed by atoms with Gasteiger partial charge in [-0.25, -0.2) is 0 Å². The number of hydrogen-bond acceptors (Lipinski definition) is 3. The molecule has 0 atom stereocenters. The van der Waals surface area contributed by atoms with Gasteiger partial charge in [-0.05, 0) is 65.2 Å². The molecule has 2 N–H and O–H groups in total. The topological polar surface area (TPSA) is 32.5 Å². The highest BCUT2D eigenvalue weighted by molar-refractivity contribution is 4.99. The number of nitrogens with two attached hydrogens (primary N) is 1. The van der Waals surface area contributed by atoms with Crippen molar-refractivity contribution in [1.82, 2.24) is 9.80 Å². The van der Waals surface area contributed by atoms with E-state index in [0.29, 0.717) is 11.0 Å². The standard InChI is InChI=1S/C14H29N3/c1-16(2)14(8-5-9-14)12-17(3)11-13(10-15)6-4-7-13/h4-12,15H2,1-3H3. The summed E-state index contributed by atoms with van der Waals surface area (Å²) in [5.41, 5.74) is 6.85. The number of likely N-dealkylation sites (N-methyl/N-ethyl adjacent to an activating group) is 2. The predicted octanol–water partition coefficient (Wildman–Crippen LogP) is 1.53. The highest BCUT2D eigenvalue weighted by Crippen LogP contribution is 2.42. The second kappa shape index (κ2) is 4.87. The van der Waals surface area contributed by atoms with Gasteiger partial charge in [0.25, 0.3) is 0 Å². The van der Waals surface area contributed by atoms with Gasteiger partial charge in [-0.1, -0.05) is 6.42 Å². The van der Waals surface area contributed by atoms with Crippen molar-refractivity contribution in [3.8, 4) is 0 Å². The summed E-state index contributed by atoms with van der Waals surface area (Å²) in [5, 5.41) is 0. The van der Waals surface area contributed by atoms with Crippen molar-refractivity contribution in [3.63, 3.8) is 0 Å². The second-order valence-corrected chi connectivity index (χ2v) is 6.70. The average Bonchev–Trinajstić information content (AvgIpc) is 2.17. The zero-order valence-electron chi connectivity index (χ0n) is 11.8. The van der Waals surface area contributed by atoms with Gasteiger partial charge in [-0.15, -0.1) is 0 Å². The van der Waals surface area contributed by atoms with Gasteiger partial charge in [0.1, 0.15) is 0 Å². The van der Waals surface area contributed by atoms with Crippen LogP contribution in [0.2, 0.25) is 0 Å². The highest BCUT2D eigenvalue weighted by Gasteiger charge is 2.42. The molecule has 3 nitrogen and oxygen atoms in total. The maximum Gasteiger partial charge on any atom is 0.0330 e. The third kappa shape index (κ3) is 2.51. The average molecular weight is 239 g/mol. The second-order valence-electron chi connectivity index (χ2n) is 6.70. The Morgan fingerprint density at radius 3 is 1.82 bits per heavy atom. The highest BCUT2D eigenvalue weighted by atomic mass is 15.2. The first-order chi connectivity index (χ1) is 8.02. The van der Waals surface area contributed by atoms with Crippen LogP contribution >= 0.6 is 0 Å². The molecule has 0 aromatic carbocycles. The van der Waals surface area contributed by atoms with Crippen LogP contribution in [0.25, 0.3) is 0 Å². The van der Waals surface area contributed by atoms with Gasteiger partial charge in [0, 0.05) is 18.6 Å². The van der Waals surface area contributed by atoms with E-state index in [1.807, 2.05) is 0 Å². The molecule has 0 unspecified atom stereocenters. The Morgan fingerprint density at radius 1 is 0.941 bits per heavy atom. The summed E-state index contributed by atoms with van der Waals surface area (Å²) in [6, 6.07) is 0. The molecule has 0 aromatic heterocycles. The van der Waals surface area contributed by atoms with Gasteiger partial charge in [-0.3, -0.25) is 0 Å². The quantitative estimate of drug-likeness (QED) is 0.763. The normalized spacial score (nSPS) is 25.8. The largest absolute Gasteiger partial charge is 0.330 e. The number of nitrogens with zero attached hydrogens (tertiary/aromatic N) is 2. The Labute approximate surface area is 106 Å². The number of rotatable bonds is 6. The molecule has 0 saturated heterocycles. The molecule has 0 heterocycles. The molecule has 17 heavy (non-hydrogen) atoms. The Morgan fingerprint density at radius 2 is 1.53 bits per heavy atom.